The Kier molecular flexibility index (Phi) is 3.57. The van der Waals surface area contributed by atoms with Gasteiger partial charge < -0.3 is 5.11 Å². The maximum absolute atomic E-state index is 9.66. The van der Waals surface area contributed by atoms with E-state index in [-0.39, 0.29) is 0 Å². The Bertz CT molecular complexity index is 240. The summed E-state index contributed by atoms with van der Waals surface area (Å²) in [6.45, 7) is 3.73. The summed E-state index contributed by atoms with van der Waals surface area (Å²) < 4.78 is 0. The van der Waals surface area contributed by atoms with Crippen molar-refractivity contribution in [1.82, 2.24) is 0 Å². The van der Waals surface area contributed by atoms with Crippen LogP contribution in [0.25, 0.3) is 0 Å². The Hall–Kier alpha value is -0.740. The predicted molar refractivity (Wildman–Crippen MR) is 55.2 cm³/mol. The van der Waals surface area contributed by atoms with Crippen LogP contribution in [0.3, 0.4) is 0 Å². The van der Waals surface area contributed by atoms with E-state index in [1.807, 2.05) is 6.92 Å². The van der Waals surface area contributed by atoms with E-state index in [1.54, 1.807) is 6.92 Å². The van der Waals surface area contributed by atoms with Gasteiger partial charge >= 0.3 is 0 Å². The second kappa shape index (κ2) is 4.48. The van der Waals surface area contributed by atoms with Crippen LogP contribution in [0.4, 0.5) is 0 Å². The van der Waals surface area contributed by atoms with E-state index in [2.05, 4.69) is 24.0 Å². The van der Waals surface area contributed by atoms with Crippen molar-refractivity contribution in [2.24, 2.45) is 5.92 Å². The van der Waals surface area contributed by atoms with Crippen molar-refractivity contribution in [1.29, 1.82) is 0 Å². The van der Waals surface area contributed by atoms with Crippen molar-refractivity contribution in [3.05, 3.63) is 12.2 Å². The van der Waals surface area contributed by atoms with Crippen LogP contribution in [-0.2, 0) is 0 Å². The lowest BCUT2D eigenvalue weighted by Gasteiger charge is -2.15. The Morgan fingerprint density at radius 1 is 1.54 bits per heavy atom. The molecule has 0 heterocycles. The highest BCUT2D eigenvalue weighted by Crippen LogP contribution is 2.17. The van der Waals surface area contributed by atoms with Gasteiger partial charge in [-0.15, -0.1) is 0 Å². The summed E-state index contributed by atoms with van der Waals surface area (Å²) in [5.41, 5.74) is -0.791. The van der Waals surface area contributed by atoms with Crippen molar-refractivity contribution < 1.29 is 5.11 Å². The minimum absolute atomic E-state index is 0.461. The molecule has 0 amide bonds. The van der Waals surface area contributed by atoms with E-state index in [1.165, 1.54) is 0 Å². The maximum Gasteiger partial charge on any atom is 0.122 e. The second-order valence-electron chi connectivity index (χ2n) is 3.88. The van der Waals surface area contributed by atoms with Crippen molar-refractivity contribution in [2.45, 2.75) is 45.1 Å². The summed E-state index contributed by atoms with van der Waals surface area (Å²) in [6.07, 6.45) is 8.41. The SMILES string of the molecule is CCC(C)(O)C#CC1CC=CCC1. The molecule has 1 rings (SSSR count). The van der Waals surface area contributed by atoms with Gasteiger partial charge in [0.1, 0.15) is 5.60 Å². The minimum atomic E-state index is -0.791. The Morgan fingerprint density at radius 3 is 2.85 bits per heavy atom. The number of hydrogen-bond donors (Lipinski definition) is 1. The summed E-state index contributed by atoms with van der Waals surface area (Å²) >= 11 is 0. The third-order valence-corrected chi connectivity index (χ3v) is 2.50. The first kappa shape index (κ1) is 10.3. The molecule has 0 aromatic heterocycles. The molecule has 0 aromatic carbocycles. The highest BCUT2D eigenvalue weighted by molar-refractivity contribution is 5.15. The molecule has 2 atom stereocenters. The van der Waals surface area contributed by atoms with Gasteiger partial charge in [0.05, 0.1) is 0 Å². The van der Waals surface area contributed by atoms with E-state index in [9.17, 15) is 5.11 Å². The normalized spacial score (nSPS) is 25.9. The van der Waals surface area contributed by atoms with Crippen LogP contribution in [0.1, 0.15) is 39.5 Å². The van der Waals surface area contributed by atoms with Gasteiger partial charge in [-0.05, 0) is 32.6 Å². The molecule has 0 radical (unpaired) electrons. The third kappa shape index (κ3) is 3.65. The Labute approximate surface area is 80.9 Å². The molecule has 1 aliphatic rings. The minimum Gasteiger partial charge on any atom is -0.378 e. The topological polar surface area (TPSA) is 20.2 Å². The molecule has 1 nitrogen and oxygen atoms in total. The lowest BCUT2D eigenvalue weighted by atomic mass is 9.93. The summed E-state index contributed by atoms with van der Waals surface area (Å²) in [5, 5.41) is 9.66. The van der Waals surface area contributed by atoms with Crippen molar-refractivity contribution in [3.8, 4) is 11.8 Å². The molecule has 0 spiro atoms. The summed E-state index contributed by atoms with van der Waals surface area (Å²) in [7, 11) is 0. The van der Waals surface area contributed by atoms with Crippen molar-refractivity contribution in [3.63, 3.8) is 0 Å². The average molecular weight is 178 g/mol. The molecule has 1 heteroatoms. The first-order valence-corrected chi connectivity index (χ1v) is 5.04. The molecule has 0 bridgehead atoms. The predicted octanol–water partition coefficient (Wildman–Crippen LogP) is 2.51. The molecule has 13 heavy (non-hydrogen) atoms. The quantitative estimate of drug-likeness (QED) is 0.483. The van der Waals surface area contributed by atoms with E-state index in [4.69, 9.17) is 0 Å². The van der Waals surface area contributed by atoms with E-state index in [0.717, 1.165) is 19.3 Å². The Morgan fingerprint density at radius 2 is 2.31 bits per heavy atom. The first-order chi connectivity index (χ1) is 6.14. The molecular formula is C12H18O. The maximum atomic E-state index is 9.66. The highest BCUT2D eigenvalue weighted by Gasteiger charge is 2.13. The fourth-order valence-corrected chi connectivity index (χ4v) is 1.27. The van der Waals surface area contributed by atoms with Gasteiger partial charge in [-0.25, -0.2) is 0 Å². The van der Waals surface area contributed by atoms with Crippen LogP contribution in [0.2, 0.25) is 0 Å². The van der Waals surface area contributed by atoms with Gasteiger partial charge in [0.25, 0.3) is 0 Å². The van der Waals surface area contributed by atoms with Gasteiger partial charge in [0.2, 0.25) is 0 Å². The zero-order valence-corrected chi connectivity index (χ0v) is 8.51. The number of allylic oxidation sites excluding steroid dienone is 2. The zero-order chi connectivity index (χ0) is 9.73. The number of hydrogen-bond acceptors (Lipinski definition) is 1. The van der Waals surface area contributed by atoms with Crippen LogP contribution in [0, 0.1) is 17.8 Å². The van der Waals surface area contributed by atoms with Crippen LogP contribution >= 0.6 is 0 Å². The van der Waals surface area contributed by atoms with E-state index >= 15 is 0 Å². The molecule has 0 saturated carbocycles. The molecule has 0 fully saturated rings. The van der Waals surface area contributed by atoms with Crippen molar-refractivity contribution >= 4 is 0 Å². The van der Waals surface area contributed by atoms with Gasteiger partial charge in [-0.3, -0.25) is 0 Å². The molecular weight excluding hydrogens is 160 g/mol. The molecule has 1 N–H and O–H groups in total. The smallest absolute Gasteiger partial charge is 0.122 e. The summed E-state index contributed by atoms with van der Waals surface area (Å²) in [5.74, 6) is 6.57. The van der Waals surface area contributed by atoms with Gasteiger partial charge in [0.15, 0.2) is 0 Å². The third-order valence-electron chi connectivity index (χ3n) is 2.50. The Balaban J connectivity index is 2.50. The van der Waals surface area contributed by atoms with Crippen LogP contribution in [0.15, 0.2) is 12.2 Å². The van der Waals surface area contributed by atoms with Gasteiger partial charge in [-0.2, -0.15) is 0 Å². The molecule has 2 unspecified atom stereocenters. The largest absolute Gasteiger partial charge is 0.378 e. The van der Waals surface area contributed by atoms with Gasteiger partial charge in [-0.1, -0.05) is 30.9 Å². The number of aliphatic hydroxyl groups is 1. The molecule has 1 aliphatic carbocycles. The molecule has 0 aliphatic heterocycles. The van der Waals surface area contributed by atoms with E-state index < -0.39 is 5.60 Å². The molecule has 0 saturated heterocycles. The first-order valence-electron chi connectivity index (χ1n) is 5.04. The number of rotatable bonds is 1. The molecule has 72 valence electrons. The summed E-state index contributed by atoms with van der Waals surface area (Å²) in [6, 6.07) is 0. The highest BCUT2D eigenvalue weighted by atomic mass is 16.3. The lowest BCUT2D eigenvalue weighted by molar-refractivity contribution is 0.118. The average Bonchev–Trinajstić information content (AvgIpc) is 2.17. The molecule has 0 aromatic rings. The fraction of sp³-hybridized carbons (Fsp3) is 0.667. The fourth-order valence-electron chi connectivity index (χ4n) is 1.27. The van der Waals surface area contributed by atoms with Crippen LogP contribution in [-0.4, -0.2) is 10.7 Å². The standard InChI is InChI=1S/C12H18O/c1-3-12(2,13)10-9-11-7-5-4-6-8-11/h4-5,11,13H,3,6-8H2,1-2H3. The van der Waals surface area contributed by atoms with Gasteiger partial charge in [0, 0.05) is 5.92 Å². The zero-order valence-electron chi connectivity index (χ0n) is 8.51. The van der Waals surface area contributed by atoms with Crippen molar-refractivity contribution in [2.75, 3.05) is 0 Å². The lowest BCUT2D eigenvalue weighted by Crippen LogP contribution is -2.20. The second-order valence-corrected chi connectivity index (χ2v) is 3.88. The van der Waals surface area contributed by atoms with Crippen LogP contribution < -0.4 is 0 Å². The monoisotopic (exact) mass is 178 g/mol. The summed E-state index contributed by atoms with van der Waals surface area (Å²) in [4.78, 5) is 0. The van der Waals surface area contributed by atoms with E-state index in [0.29, 0.717) is 12.3 Å². The van der Waals surface area contributed by atoms with Crippen LogP contribution in [0.5, 0.6) is 0 Å².